The van der Waals surface area contributed by atoms with Crippen molar-refractivity contribution in [1.29, 1.82) is 10.5 Å². The first-order chi connectivity index (χ1) is 23.7. The lowest BCUT2D eigenvalue weighted by molar-refractivity contribution is 1.18. The lowest BCUT2D eigenvalue weighted by Gasteiger charge is -2.16. The summed E-state index contributed by atoms with van der Waals surface area (Å²) in [5.74, 6) is 0. The van der Waals surface area contributed by atoms with Crippen molar-refractivity contribution in [3.05, 3.63) is 169 Å². The average Bonchev–Trinajstić information content (AvgIpc) is 3.68. The smallest absolute Gasteiger partial charge is 0.101 e. The van der Waals surface area contributed by atoms with E-state index in [4.69, 9.17) is 0 Å². The summed E-state index contributed by atoms with van der Waals surface area (Å²) in [6.45, 7) is 0. The molecular formula is C44H26N4. The highest BCUT2D eigenvalue weighted by molar-refractivity contribution is 6.11. The van der Waals surface area contributed by atoms with E-state index in [0.717, 1.165) is 66.5 Å². The van der Waals surface area contributed by atoms with Crippen LogP contribution in [0.3, 0.4) is 0 Å². The molecule has 4 heteroatoms. The molecule has 0 saturated carbocycles. The van der Waals surface area contributed by atoms with Crippen LogP contribution in [0.25, 0.3) is 77.2 Å². The van der Waals surface area contributed by atoms with Crippen LogP contribution in [-0.4, -0.2) is 9.13 Å². The minimum atomic E-state index is 0.617. The van der Waals surface area contributed by atoms with Crippen LogP contribution >= 0.6 is 0 Å². The van der Waals surface area contributed by atoms with Crippen LogP contribution in [0, 0.1) is 22.7 Å². The molecule has 0 radical (unpaired) electrons. The molecule has 4 nitrogen and oxygen atoms in total. The molecule has 0 saturated heterocycles. The van der Waals surface area contributed by atoms with Crippen molar-refractivity contribution < 1.29 is 0 Å². The number of aromatic nitrogens is 2. The third-order valence-electron chi connectivity index (χ3n) is 9.43. The van der Waals surface area contributed by atoms with Gasteiger partial charge in [-0.05, 0) is 59.7 Å². The normalized spacial score (nSPS) is 11.3. The first kappa shape index (κ1) is 27.4. The molecule has 2 aromatic heterocycles. The van der Waals surface area contributed by atoms with Crippen molar-refractivity contribution in [3.8, 4) is 45.8 Å². The molecule has 0 spiro atoms. The van der Waals surface area contributed by atoms with Crippen LogP contribution in [0.15, 0.2) is 158 Å². The van der Waals surface area contributed by atoms with Crippen LogP contribution in [0.1, 0.15) is 11.1 Å². The van der Waals surface area contributed by atoms with Gasteiger partial charge in [-0.15, -0.1) is 0 Å². The highest BCUT2D eigenvalue weighted by Gasteiger charge is 2.18. The first-order valence-electron chi connectivity index (χ1n) is 15.9. The molecule has 0 aliphatic heterocycles. The largest absolute Gasteiger partial charge is 0.309 e. The second-order valence-corrected chi connectivity index (χ2v) is 12.0. The van der Waals surface area contributed by atoms with Gasteiger partial charge in [-0.3, -0.25) is 0 Å². The molecule has 0 atom stereocenters. The van der Waals surface area contributed by atoms with Crippen LogP contribution in [0.2, 0.25) is 0 Å². The number of para-hydroxylation sites is 5. The Hall–Kier alpha value is -6.88. The highest BCUT2D eigenvalue weighted by Crippen LogP contribution is 2.39. The molecule has 0 fully saturated rings. The number of nitriles is 2. The summed E-state index contributed by atoms with van der Waals surface area (Å²) >= 11 is 0. The maximum Gasteiger partial charge on any atom is 0.101 e. The second kappa shape index (κ2) is 10.9. The summed E-state index contributed by atoms with van der Waals surface area (Å²) < 4.78 is 4.47. The summed E-state index contributed by atoms with van der Waals surface area (Å²) in [5, 5.41) is 25.0. The van der Waals surface area contributed by atoms with Crippen molar-refractivity contribution >= 4 is 43.6 Å². The Morgan fingerprint density at radius 1 is 0.396 bits per heavy atom. The van der Waals surface area contributed by atoms with E-state index in [0.29, 0.717) is 11.1 Å². The predicted octanol–water partition coefficient (Wildman–Crippen LogP) is 11.0. The van der Waals surface area contributed by atoms with Gasteiger partial charge in [-0.2, -0.15) is 10.5 Å². The van der Waals surface area contributed by atoms with Crippen LogP contribution in [-0.2, 0) is 0 Å². The molecule has 48 heavy (non-hydrogen) atoms. The number of rotatable bonds is 4. The van der Waals surface area contributed by atoms with Gasteiger partial charge in [-0.1, -0.05) is 109 Å². The molecule has 9 aromatic rings. The molecule has 0 unspecified atom stereocenters. The van der Waals surface area contributed by atoms with E-state index in [1.807, 2.05) is 36.4 Å². The van der Waals surface area contributed by atoms with Gasteiger partial charge in [0.1, 0.15) is 6.07 Å². The van der Waals surface area contributed by atoms with Crippen LogP contribution < -0.4 is 0 Å². The number of hydrogen-bond acceptors (Lipinski definition) is 2. The third kappa shape index (κ3) is 4.07. The first-order valence-corrected chi connectivity index (χ1v) is 15.9. The van der Waals surface area contributed by atoms with Crippen LogP contribution in [0.4, 0.5) is 0 Å². The van der Waals surface area contributed by atoms with Gasteiger partial charge < -0.3 is 9.13 Å². The van der Waals surface area contributed by atoms with Crippen molar-refractivity contribution in [3.63, 3.8) is 0 Å². The number of nitrogens with zero attached hydrogens (tertiary/aromatic N) is 4. The van der Waals surface area contributed by atoms with E-state index in [1.54, 1.807) is 0 Å². The minimum Gasteiger partial charge on any atom is -0.309 e. The lowest BCUT2D eigenvalue weighted by Crippen LogP contribution is -1.98. The summed E-state index contributed by atoms with van der Waals surface area (Å²) in [6.07, 6.45) is 0. The fourth-order valence-electron chi connectivity index (χ4n) is 7.31. The number of hydrogen-bond donors (Lipinski definition) is 0. The summed E-state index contributed by atoms with van der Waals surface area (Å²) in [5.41, 5.74) is 11.4. The Balaban J connectivity index is 1.15. The van der Waals surface area contributed by atoms with Gasteiger partial charge in [0.15, 0.2) is 0 Å². The molecule has 0 amide bonds. The van der Waals surface area contributed by atoms with E-state index < -0.39 is 0 Å². The summed E-state index contributed by atoms with van der Waals surface area (Å²) in [6, 6.07) is 58.8. The molecular weight excluding hydrogens is 585 g/mol. The maximum absolute atomic E-state index is 10.4. The lowest BCUT2D eigenvalue weighted by atomic mass is 9.94. The quantitative estimate of drug-likeness (QED) is 0.199. The predicted molar refractivity (Wildman–Crippen MR) is 195 cm³/mol. The van der Waals surface area contributed by atoms with E-state index in [-0.39, 0.29) is 0 Å². The fourth-order valence-corrected chi connectivity index (χ4v) is 7.31. The molecule has 222 valence electrons. The monoisotopic (exact) mass is 610 g/mol. The average molecular weight is 611 g/mol. The van der Waals surface area contributed by atoms with E-state index in [2.05, 4.69) is 143 Å². The van der Waals surface area contributed by atoms with Gasteiger partial charge in [0.05, 0.1) is 45.0 Å². The molecule has 0 aliphatic rings. The zero-order valence-corrected chi connectivity index (χ0v) is 25.8. The zero-order valence-electron chi connectivity index (χ0n) is 25.8. The van der Waals surface area contributed by atoms with Crippen molar-refractivity contribution in [1.82, 2.24) is 9.13 Å². The Bertz CT molecular complexity index is 2750. The fraction of sp³-hybridized carbons (Fsp3) is 0. The highest BCUT2D eigenvalue weighted by atomic mass is 15.0. The van der Waals surface area contributed by atoms with Gasteiger partial charge in [0, 0.05) is 38.4 Å². The number of fused-ring (bicyclic) bond motifs is 6. The molecule has 0 bridgehead atoms. The Kier molecular flexibility index (Phi) is 6.22. The third-order valence-corrected chi connectivity index (χ3v) is 9.43. The molecule has 9 rings (SSSR count). The molecule has 0 N–H and O–H groups in total. The Labute approximate surface area is 277 Å². The Morgan fingerprint density at radius 2 is 0.938 bits per heavy atom. The standard InChI is InChI=1S/C44H26N4/c45-27-31-10-9-15-39-38-14-4-5-16-40(38)47(44(31)39)33-23-20-29(21-24-33)30-22-25-34(32(26-30)28-46)35-11-1-6-17-41(35)48-42-18-7-2-12-36(42)37-13-3-8-19-43(37)48/h1-26H. The number of benzene rings is 7. The topological polar surface area (TPSA) is 57.4 Å². The maximum atomic E-state index is 10.4. The summed E-state index contributed by atoms with van der Waals surface area (Å²) in [7, 11) is 0. The van der Waals surface area contributed by atoms with E-state index in [9.17, 15) is 10.5 Å². The van der Waals surface area contributed by atoms with Crippen LogP contribution in [0.5, 0.6) is 0 Å². The second-order valence-electron chi connectivity index (χ2n) is 12.0. The van der Waals surface area contributed by atoms with Gasteiger partial charge in [0.25, 0.3) is 0 Å². The minimum absolute atomic E-state index is 0.617. The van der Waals surface area contributed by atoms with E-state index in [1.165, 1.54) is 10.8 Å². The van der Waals surface area contributed by atoms with Crippen molar-refractivity contribution in [2.45, 2.75) is 0 Å². The molecule has 7 aromatic carbocycles. The Morgan fingerprint density at radius 3 is 1.60 bits per heavy atom. The van der Waals surface area contributed by atoms with Gasteiger partial charge in [0.2, 0.25) is 0 Å². The molecule has 0 aliphatic carbocycles. The SMILES string of the molecule is N#Cc1cc(-c2ccc(-n3c4ccccc4c4cccc(C#N)c43)cc2)ccc1-c1ccccc1-n1c2ccccc2c2ccccc21. The van der Waals surface area contributed by atoms with Gasteiger partial charge in [-0.25, -0.2) is 0 Å². The molecule has 2 heterocycles. The van der Waals surface area contributed by atoms with Crippen molar-refractivity contribution in [2.24, 2.45) is 0 Å². The summed E-state index contributed by atoms with van der Waals surface area (Å²) in [4.78, 5) is 0. The van der Waals surface area contributed by atoms with E-state index >= 15 is 0 Å². The van der Waals surface area contributed by atoms with Crippen molar-refractivity contribution in [2.75, 3.05) is 0 Å². The van der Waals surface area contributed by atoms with Gasteiger partial charge >= 0.3 is 0 Å². The zero-order chi connectivity index (χ0) is 32.2.